The lowest BCUT2D eigenvalue weighted by molar-refractivity contribution is -0.167. The van der Waals surface area contributed by atoms with E-state index in [0.29, 0.717) is 17.8 Å². The molecule has 2 saturated carbocycles. The monoisotopic (exact) mass is 458 g/mol. The highest BCUT2D eigenvalue weighted by Gasteiger charge is 2.63. The molecular formula is C29H46O4. The van der Waals surface area contributed by atoms with E-state index in [4.69, 9.17) is 4.74 Å². The normalized spacial score (nSPS) is 42.7. The highest BCUT2D eigenvalue weighted by molar-refractivity contribution is 5.66. The molecule has 0 unspecified atom stereocenters. The summed E-state index contributed by atoms with van der Waals surface area (Å²) >= 11 is 0. The minimum absolute atomic E-state index is 0.0115. The average molecular weight is 459 g/mol. The van der Waals surface area contributed by atoms with E-state index < -0.39 is 5.97 Å². The van der Waals surface area contributed by atoms with Crippen LogP contribution in [0.5, 0.6) is 0 Å². The fraction of sp³-hybridized carbons (Fsp3) is 0.862. The summed E-state index contributed by atoms with van der Waals surface area (Å²) in [5.41, 5.74) is 4.18. The van der Waals surface area contributed by atoms with Gasteiger partial charge in [0.05, 0.1) is 0 Å². The predicted molar refractivity (Wildman–Crippen MR) is 131 cm³/mol. The van der Waals surface area contributed by atoms with Crippen molar-refractivity contribution in [2.24, 2.45) is 39.4 Å². The smallest absolute Gasteiger partial charge is 0.303 e. The highest BCUT2D eigenvalue weighted by Crippen LogP contribution is 2.72. The van der Waals surface area contributed by atoms with Crippen molar-refractivity contribution >= 4 is 11.9 Å². The third kappa shape index (κ3) is 3.60. The molecule has 0 bridgehead atoms. The molecule has 2 fully saturated rings. The molecule has 0 aromatic heterocycles. The summed E-state index contributed by atoms with van der Waals surface area (Å²) in [7, 11) is 0. The van der Waals surface area contributed by atoms with Crippen LogP contribution in [0, 0.1) is 39.4 Å². The number of esters is 1. The summed E-state index contributed by atoms with van der Waals surface area (Å²) < 4.78 is 5.83. The Morgan fingerprint density at radius 3 is 2.33 bits per heavy atom. The Balaban J connectivity index is 1.65. The number of ether oxygens (including phenoxy) is 1. The maximum atomic E-state index is 11.8. The van der Waals surface area contributed by atoms with E-state index in [1.54, 1.807) is 18.1 Å². The molecule has 0 aliphatic heterocycles. The summed E-state index contributed by atoms with van der Waals surface area (Å²) in [6.45, 7) is 16.1. The van der Waals surface area contributed by atoms with Crippen molar-refractivity contribution in [1.29, 1.82) is 0 Å². The second kappa shape index (κ2) is 8.12. The van der Waals surface area contributed by atoms with Gasteiger partial charge in [-0.25, -0.2) is 0 Å². The van der Waals surface area contributed by atoms with Crippen LogP contribution < -0.4 is 0 Å². The van der Waals surface area contributed by atoms with E-state index >= 15 is 0 Å². The molecule has 0 aromatic carbocycles. The summed E-state index contributed by atoms with van der Waals surface area (Å²) in [6, 6.07) is 0. The molecule has 33 heavy (non-hydrogen) atoms. The van der Waals surface area contributed by atoms with Gasteiger partial charge >= 0.3 is 11.9 Å². The summed E-state index contributed by atoms with van der Waals surface area (Å²) in [4.78, 5) is 23.0. The molecule has 4 aliphatic carbocycles. The molecule has 0 spiro atoms. The van der Waals surface area contributed by atoms with E-state index in [9.17, 15) is 14.7 Å². The zero-order valence-corrected chi connectivity index (χ0v) is 22.1. The number of carboxylic acid groups (broad SMARTS) is 1. The van der Waals surface area contributed by atoms with Crippen LogP contribution in [0.1, 0.15) is 113 Å². The maximum Gasteiger partial charge on any atom is 0.303 e. The number of carbonyl (C=O) groups excluding carboxylic acids is 1. The Kier molecular flexibility index (Phi) is 6.10. The van der Waals surface area contributed by atoms with Gasteiger partial charge in [0.2, 0.25) is 0 Å². The first-order valence-electron chi connectivity index (χ1n) is 13.4. The lowest BCUT2D eigenvalue weighted by Crippen LogP contribution is -2.55. The Hall–Kier alpha value is -1.32. The molecule has 4 rings (SSSR count). The number of hydrogen-bond acceptors (Lipinski definition) is 3. The molecule has 0 saturated heterocycles. The Morgan fingerprint density at radius 1 is 1.00 bits per heavy atom. The van der Waals surface area contributed by atoms with E-state index in [0.717, 1.165) is 19.3 Å². The highest BCUT2D eigenvalue weighted by atomic mass is 16.5. The molecule has 4 nitrogen and oxygen atoms in total. The minimum Gasteiger partial charge on any atom is -0.481 e. The van der Waals surface area contributed by atoms with E-state index in [-0.39, 0.29) is 40.2 Å². The second-order valence-corrected chi connectivity index (χ2v) is 13.2. The topological polar surface area (TPSA) is 63.6 Å². The van der Waals surface area contributed by atoms with Gasteiger partial charge in [0.25, 0.3) is 0 Å². The lowest BCUT2D eigenvalue weighted by atomic mass is 9.43. The van der Waals surface area contributed by atoms with Gasteiger partial charge in [0.1, 0.15) is 6.10 Å². The van der Waals surface area contributed by atoms with Crippen LogP contribution >= 0.6 is 0 Å². The quantitative estimate of drug-likeness (QED) is 0.350. The van der Waals surface area contributed by atoms with Crippen LogP contribution in [0.3, 0.4) is 0 Å². The summed E-state index contributed by atoms with van der Waals surface area (Å²) in [5, 5.41) is 9.22. The fourth-order valence-corrected chi connectivity index (χ4v) is 9.58. The number of rotatable bonds is 5. The van der Waals surface area contributed by atoms with Gasteiger partial charge in [-0.05, 0) is 91.8 Å². The SMILES string of the molecule is CC(=O)O[C@H]1CC[C@]2(C)C3=C(CC[C@H]2C1(C)C)[C@]1(C)CC[C@H]([C@@H](C)CCC(=O)O)[C@@]1(C)CC3. The third-order valence-corrected chi connectivity index (χ3v) is 11.6. The van der Waals surface area contributed by atoms with Gasteiger partial charge in [-0.1, -0.05) is 52.7 Å². The first kappa shape index (κ1) is 24.8. The molecular weight excluding hydrogens is 412 g/mol. The average Bonchev–Trinajstić information content (AvgIpc) is 3.00. The number of hydrogen-bond donors (Lipinski definition) is 1. The zero-order chi connectivity index (χ0) is 24.4. The molecule has 0 amide bonds. The maximum absolute atomic E-state index is 11.8. The predicted octanol–water partition coefficient (Wildman–Crippen LogP) is 7.17. The van der Waals surface area contributed by atoms with Crippen LogP contribution in [-0.2, 0) is 14.3 Å². The Bertz CT molecular complexity index is 856. The van der Waals surface area contributed by atoms with E-state index in [1.165, 1.54) is 38.5 Å². The molecule has 4 heteroatoms. The molecule has 186 valence electrons. The summed E-state index contributed by atoms with van der Waals surface area (Å²) in [6.07, 6.45) is 10.4. The van der Waals surface area contributed by atoms with Crippen molar-refractivity contribution in [3.05, 3.63) is 11.1 Å². The lowest BCUT2D eigenvalue weighted by Gasteiger charge is -2.62. The molecule has 0 radical (unpaired) electrons. The van der Waals surface area contributed by atoms with Gasteiger partial charge in [-0.2, -0.15) is 0 Å². The first-order valence-corrected chi connectivity index (χ1v) is 13.4. The third-order valence-electron chi connectivity index (χ3n) is 11.6. The molecule has 0 heterocycles. The largest absolute Gasteiger partial charge is 0.481 e. The van der Waals surface area contributed by atoms with E-state index in [2.05, 4.69) is 41.5 Å². The molecule has 1 N–H and O–H groups in total. The van der Waals surface area contributed by atoms with Crippen LogP contribution in [0.2, 0.25) is 0 Å². The van der Waals surface area contributed by atoms with Crippen LogP contribution in [0.15, 0.2) is 11.1 Å². The van der Waals surface area contributed by atoms with Crippen molar-refractivity contribution in [3.8, 4) is 0 Å². The molecule has 4 aliphatic rings. The van der Waals surface area contributed by atoms with Crippen molar-refractivity contribution in [3.63, 3.8) is 0 Å². The minimum atomic E-state index is -0.667. The van der Waals surface area contributed by atoms with Crippen molar-refractivity contribution in [2.75, 3.05) is 0 Å². The van der Waals surface area contributed by atoms with Crippen molar-refractivity contribution in [1.82, 2.24) is 0 Å². The molecule has 0 aromatic rings. The number of carbonyl (C=O) groups is 2. The Morgan fingerprint density at radius 2 is 1.70 bits per heavy atom. The number of fused-ring (bicyclic) bond motifs is 4. The zero-order valence-electron chi connectivity index (χ0n) is 22.1. The van der Waals surface area contributed by atoms with Crippen molar-refractivity contribution in [2.45, 2.75) is 119 Å². The Labute approximate surface area is 200 Å². The fourth-order valence-electron chi connectivity index (χ4n) is 9.58. The second-order valence-electron chi connectivity index (χ2n) is 13.2. The number of allylic oxidation sites excluding steroid dienone is 2. The number of carboxylic acids is 1. The standard InChI is InChI=1S/C29H46O4/c1-18(8-11-25(31)32)20-12-16-29(7)22-9-10-23-26(3,4)24(33-19(2)30)14-15-27(23,5)21(22)13-17-28(20,29)6/h18,20,23-24H,8-17H2,1-7H3,(H,31,32)/t18-,20+,23-,24-,27+,28+,29-/m0/s1. The molecule has 7 atom stereocenters. The van der Waals surface area contributed by atoms with Gasteiger partial charge in [-0.3, -0.25) is 9.59 Å². The van der Waals surface area contributed by atoms with Crippen LogP contribution in [0.4, 0.5) is 0 Å². The van der Waals surface area contributed by atoms with Gasteiger partial charge in [-0.15, -0.1) is 0 Å². The van der Waals surface area contributed by atoms with E-state index in [1.807, 2.05) is 0 Å². The summed E-state index contributed by atoms with van der Waals surface area (Å²) in [5.74, 6) is 0.793. The number of aliphatic carboxylic acids is 1. The van der Waals surface area contributed by atoms with Gasteiger partial charge in [0.15, 0.2) is 0 Å². The van der Waals surface area contributed by atoms with Gasteiger partial charge in [0, 0.05) is 18.8 Å². The van der Waals surface area contributed by atoms with Crippen LogP contribution in [-0.4, -0.2) is 23.1 Å². The van der Waals surface area contributed by atoms with Crippen molar-refractivity contribution < 1.29 is 19.4 Å². The van der Waals surface area contributed by atoms with Crippen LogP contribution in [0.25, 0.3) is 0 Å². The first-order chi connectivity index (χ1) is 15.3. The van der Waals surface area contributed by atoms with Gasteiger partial charge < -0.3 is 9.84 Å².